The molecule has 4 nitrogen and oxygen atoms in total. The average molecular weight is 575 g/mol. The zero-order valence-corrected chi connectivity index (χ0v) is 25.6. The first-order valence-corrected chi connectivity index (χ1v) is 16.3. The standard InChI is InChI=1S/C36H46O4S/c1-3-5-23-39-29-15-17-31-27(25-29)13-19-35(33(31)11-7-9-21-37)41-36-20-14-28-26-30(40-24-6-4-2)16-18-32(28)34(36)12-8-10-22-38/h13-20,25-26,37-38H,3-12,21-24H2,1-2H3. The number of aliphatic hydroxyl groups excluding tert-OH is 2. The van der Waals surface area contributed by atoms with E-state index >= 15 is 0 Å². The fourth-order valence-electron chi connectivity index (χ4n) is 5.21. The SMILES string of the molecule is CCCCOc1ccc2c(CCCCO)c(Sc3ccc4cc(OCCCC)ccc4c3CCCCO)ccc2c1. The molecule has 41 heavy (non-hydrogen) atoms. The quantitative estimate of drug-likeness (QED) is 0.116. The molecule has 0 unspecified atom stereocenters. The molecule has 0 saturated carbocycles. The summed E-state index contributed by atoms with van der Waals surface area (Å²) in [6.45, 7) is 6.27. The van der Waals surface area contributed by atoms with Crippen molar-refractivity contribution in [3.63, 3.8) is 0 Å². The van der Waals surface area contributed by atoms with Gasteiger partial charge in [-0.15, -0.1) is 0 Å². The molecule has 0 aliphatic rings. The lowest BCUT2D eigenvalue weighted by Gasteiger charge is -2.18. The number of benzene rings is 4. The summed E-state index contributed by atoms with van der Waals surface area (Å²) < 4.78 is 12.0. The molecule has 2 N–H and O–H groups in total. The first kappa shape index (κ1) is 31.2. The molecule has 0 aromatic heterocycles. The molecule has 0 fully saturated rings. The lowest BCUT2D eigenvalue weighted by Crippen LogP contribution is -1.99. The van der Waals surface area contributed by atoms with Crippen LogP contribution in [0.3, 0.4) is 0 Å². The summed E-state index contributed by atoms with van der Waals surface area (Å²) in [6, 6.07) is 21.9. The molecule has 0 heterocycles. The van der Waals surface area contributed by atoms with E-state index in [0.717, 1.165) is 88.9 Å². The fraction of sp³-hybridized carbons (Fsp3) is 0.444. The average Bonchev–Trinajstić information content (AvgIpc) is 2.99. The van der Waals surface area contributed by atoms with Gasteiger partial charge in [-0.25, -0.2) is 0 Å². The molecule has 0 aliphatic carbocycles. The van der Waals surface area contributed by atoms with Crippen molar-refractivity contribution in [3.05, 3.63) is 71.8 Å². The Morgan fingerprint density at radius 3 is 1.44 bits per heavy atom. The third-order valence-electron chi connectivity index (χ3n) is 7.54. The van der Waals surface area contributed by atoms with Crippen LogP contribution in [0.25, 0.3) is 21.5 Å². The van der Waals surface area contributed by atoms with E-state index < -0.39 is 0 Å². The van der Waals surface area contributed by atoms with Gasteiger partial charge in [0.15, 0.2) is 0 Å². The third kappa shape index (κ3) is 8.64. The van der Waals surface area contributed by atoms with Crippen molar-refractivity contribution in [3.8, 4) is 11.5 Å². The summed E-state index contributed by atoms with van der Waals surface area (Å²) in [5, 5.41) is 23.8. The first-order valence-electron chi connectivity index (χ1n) is 15.4. The number of hydrogen-bond acceptors (Lipinski definition) is 5. The Balaban J connectivity index is 1.70. The van der Waals surface area contributed by atoms with Gasteiger partial charge in [-0.1, -0.05) is 62.7 Å². The molecule has 0 aliphatic heterocycles. The molecular weight excluding hydrogens is 528 g/mol. The first-order chi connectivity index (χ1) is 20.2. The van der Waals surface area contributed by atoms with Crippen molar-refractivity contribution >= 4 is 33.3 Å². The second kappa shape index (κ2) is 16.6. The lowest BCUT2D eigenvalue weighted by molar-refractivity contribution is 0.284. The Morgan fingerprint density at radius 1 is 0.561 bits per heavy atom. The highest BCUT2D eigenvalue weighted by atomic mass is 32.2. The third-order valence-corrected chi connectivity index (χ3v) is 8.75. The Labute approximate surface area is 250 Å². The maximum Gasteiger partial charge on any atom is 0.119 e. The van der Waals surface area contributed by atoms with Crippen LogP contribution in [0.15, 0.2) is 70.5 Å². The van der Waals surface area contributed by atoms with Crippen molar-refractivity contribution in [2.45, 2.75) is 87.8 Å². The van der Waals surface area contributed by atoms with E-state index in [1.807, 2.05) is 11.8 Å². The van der Waals surface area contributed by atoms with Gasteiger partial charge in [-0.3, -0.25) is 0 Å². The summed E-state index contributed by atoms with van der Waals surface area (Å²) >= 11 is 1.84. The van der Waals surface area contributed by atoms with Crippen LogP contribution in [-0.4, -0.2) is 36.6 Å². The minimum absolute atomic E-state index is 0.215. The maximum atomic E-state index is 9.47. The van der Waals surface area contributed by atoms with E-state index in [1.165, 1.54) is 42.5 Å². The van der Waals surface area contributed by atoms with Crippen LogP contribution in [0.5, 0.6) is 11.5 Å². The zero-order valence-electron chi connectivity index (χ0n) is 24.8. The highest BCUT2D eigenvalue weighted by molar-refractivity contribution is 7.99. The summed E-state index contributed by atoms with van der Waals surface area (Å²) in [4.78, 5) is 2.52. The van der Waals surface area contributed by atoms with Gasteiger partial charge in [0.1, 0.15) is 11.5 Å². The molecule has 4 aromatic carbocycles. The second-order valence-electron chi connectivity index (χ2n) is 10.7. The molecule has 220 valence electrons. The molecule has 4 rings (SSSR count). The van der Waals surface area contributed by atoms with E-state index in [2.05, 4.69) is 74.5 Å². The van der Waals surface area contributed by atoms with Crippen LogP contribution in [0.4, 0.5) is 0 Å². The predicted molar refractivity (Wildman–Crippen MR) is 173 cm³/mol. The Kier molecular flexibility index (Phi) is 12.7. The Hall–Kier alpha value is -2.73. The largest absolute Gasteiger partial charge is 0.494 e. The number of fused-ring (bicyclic) bond motifs is 2. The highest BCUT2D eigenvalue weighted by Crippen LogP contribution is 2.40. The molecule has 5 heteroatoms. The molecular formula is C36H46O4S. The fourth-order valence-corrected chi connectivity index (χ4v) is 6.39. The summed E-state index contributed by atoms with van der Waals surface area (Å²) in [7, 11) is 0. The number of aryl methyl sites for hydroxylation is 2. The van der Waals surface area contributed by atoms with Gasteiger partial charge < -0.3 is 19.7 Å². The van der Waals surface area contributed by atoms with Crippen molar-refractivity contribution in [2.24, 2.45) is 0 Å². The van der Waals surface area contributed by atoms with Crippen LogP contribution in [-0.2, 0) is 12.8 Å². The van der Waals surface area contributed by atoms with E-state index in [0.29, 0.717) is 0 Å². The van der Waals surface area contributed by atoms with Gasteiger partial charge in [0.2, 0.25) is 0 Å². The van der Waals surface area contributed by atoms with Crippen molar-refractivity contribution < 1.29 is 19.7 Å². The van der Waals surface area contributed by atoms with Gasteiger partial charge in [-0.2, -0.15) is 0 Å². The van der Waals surface area contributed by atoms with Crippen LogP contribution >= 0.6 is 11.8 Å². The lowest BCUT2D eigenvalue weighted by atomic mass is 9.99. The van der Waals surface area contributed by atoms with Gasteiger partial charge in [0.25, 0.3) is 0 Å². The normalized spacial score (nSPS) is 11.4. The number of hydrogen-bond donors (Lipinski definition) is 2. The van der Waals surface area contributed by atoms with Crippen LogP contribution in [0.2, 0.25) is 0 Å². The van der Waals surface area contributed by atoms with Gasteiger partial charge in [0.05, 0.1) is 13.2 Å². The van der Waals surface area contributed by atoms with Crippen molar-refractivity contribution in [1.29, 1.82) is 0 Å². The molecule has 0 amide bonds. The molecule has 0 saturated heterocycles. The minimum Gasteiger partial charge on any atom is -0.494 e. The molecule has 0 atom stereocenters. The maximum absolute atomic E-state index is 9.47. The van der Waals surface area contributed by atoms with Crippen LogP contribution < -0.4 is 9.47 Å². The van der Waals surface area contributed by atoms with Gasteiger partial charge in [-0.05, 0) is 120 Å². The molecule has 0 bridgehead atoms. The van der Waals surface area contributed by atoms with E-state index in [-0.39, 0.29) is 13.2 Å². The summed E-state index contributed by atoms with van der Waals surface area (Å²) in [5.74, 6) is 1.85. The topological polar surface area (TPSA) is 58.9 Å². The number of rotatable bonds is 18. The zero-order chi connectivity index (χ0) is 28.9. The highest BCUT2D eigenvalue weighted by Gasteiger charge is 2.15. The number of unbranched alkanes of at least 4 members (excludes halogenated alkanes) is 4. The molecule has 0 spiro atoms. The molecule has 0 radical (unpaired) electrons. The summed E-state index contributed by atoms with van der Waals surface area (Å²) in [5.41, 5.74) is 2.67. The number of aliphatic hydroxyl groups is 2. The minimum atomic E-state index is 0.215. The van der Waals surface area contributed by atoms with Crippen LogP contribution in [0.1, 0.15) is 76.3 Å². The van der Waals surface area contributed by atoms with Crippen LogP contribution in [0, 0.1) is 0 Å². The number of ether oxygens (including phenoxy) is 2. The smallest absolute Gasteiger partial charge is 0.119 e. The Morgan fingerprint density at radius 2 is 1.02 bits per heavy atom. The second-order valence-corrected chi connectivity index (χ2v) is 11.8. The molecule has 4 aromatic rings. The van der Waals surface area contributed by atoms with Crippen molar-refractivity contribution in [2.75, 3.05) is 26.4 Å². The van der Waals surface area contributed by atoms with E-state index in [4.69, 9.17) is 9.47 Å². The summed E-state index contributed by atoms with van der Waals surface area (Å²) in [6.07, 6.45) is 9.67. The van der Waals surface area contributed by atoms with Crippen molar-refractivity contribution in [1.82, 2.24) is 0 Å². The predicted octanol–water partition coefficient (Wildman–Crippen LogP) is 9.13. The monoisotopic (exact) mass is 574 g/mol. The van der Waals surface area contributed by atoms with Gasteiger partial charge in [0, 0.05) is 23.0 Å². The van der Waals surface area contributed by atoms with Gasteiger partial charge >= 0.3 is 0 Å². The van der Waals surface area contributed by atoms with E-state index in [9.17, 15) is 10.2 Å². The Bertz CT molecular complexity index is 1280. The van der Waals surface area contributed by atoms with E-state index in [1.54, 1.807) is 0 Å².